The number of unbranched alkanes of at least 4 members (excludes halogenated alkanes) is 1. The molecule has 1 N–H and O–H groups in total. The number of aryl methyl sites for hydroxylation is 1. The molecule has 0 unspecified atom stereocenters. The van der Waals surface area contributed by atoms with Crippen molar-refractivity contribution in [2.24, 2.45) is 0 Å². The van der Waals surface area contributed by atoms with Crippen molar-refractivity contribution in [2.75, 3.05) is 0 Å². The molecule has 1 rings (SSSR count). The van der Waals surface area contributed by atoms with E-state index in [1.807, 2.05) is 0 Å². The minimum atomic E-state index is -0.761. The topological polar surface area (TPSA) is 76.2 Å². The van der Waals surface area contributed by atoms with E-state index in [1.165, 1.54) is 0 Å². The third-order valence-corrected chi connectivity index (χ3v) is 2.96. The van der Waals surface area contributed by atoms with Crippen LogP contribution in [-0.2, 0) is 16.6 Å². The van der Waals surface area contributed by atoms with E-state index >= 15 is 0 Å². The second-order valence-corrected chi connectivity index (χ2v) is 4.84. The van der Waals surface area contributed by atoms with Gasteiger partial charge < -0.3 is 9.52 Å². The second-order valence-electron chi connectivity index (χ2n) is 4.84. The maximum Gasteiger partial charge on any atom is 0.303 e. The molecule has 1 aromatic heterocycles. The van der Waals surface area contributed by atoms with Crippen LogP contribution in [0.1, 0.15) is 58.2 Å². The van der Waals surface area contributed by atoms with Gasteiger partial charge in [-0.1, -0.05) is 20.8 Å². The number of hydrogen-bond acceptors (Lipinski definition) is 4. The minimum absolute atomic E-state index is 0.0910. The summed E-state index contributed by atoms with van der Waals surface area (Å²) in [7, 11) is 0. The highest BCUT2D eigenvalue weighted by Crippen LogP contribution is 2.25. The molecule has 0 aromatic carbocycles. The van der Waals surface area contributed by atoms with E-state index in [1.54, 1.807) is 0 Å². The summed E-state index contributed by atoms with van der Waals surface area (Å²) in [6.07, 6.45) is 3.19. The Morgan fingerprint density at radius 1 is 1.35 bits per heavy atom. The molecule has 0 saturated heterocycles. The van der Waals surface area contributed by atoms with E-state index in [-0.39, 0.29) is 11.8 Å². The van der Waals surface area contributed by atoms with Gasteiger partial charge in [0.2, 0.25) is 11.8 Å². The molecule has 0 saturated carbocycles. The van der Waals surface area contributed by atoms with Crippen molar-refractivity contribution in [3.8, 4) is 0 Å². The zero-order chi connectivity index (χ0) is 12.9. The van der Waals surface area contributed by atoms with Crippen molar-refractivity contribution in [3.05, 3.63) is 11.8 Å². The van der Waals surface area contributed by atoms with Gasteiger partial charge in [0.15, 0.2) is 0 Å². The summed E-state index contributed by atoms with van der Waals surface area (Å²) in [5.41, 5.74) is -0.0910. The predicted octanol–water partition coefficient (Wildman–Crippen LogP) is 2.55. The van der Waals surface area contributed by atoms with Gasteiger partial charge in [0, 0.05) is 18.3 Å². The highest BCUT2D eigenvalue weighted by molar-refractivity contribution is 5.66. The number of carboxylic acid groups (broad SMARTS) is 1. The maximum atomic E-state index is 10.3. The van der Waals surface area contributed by atoms with Crippen molar-refractivity contribution >= 4 is 5.97 Å². The van der Waals surface area contributed by atoms with Gasteiger partial charge in [-0.2, -0.15) is 0 Å². The molecule has 0 bridgehead atoms. The number of carbonyl (C=O) groups is 1. The highest BCUT2D eigenvalue weighted by atomic mass is 16.4. The van der Waals surface area contributed by atoms with E-state index in [0.717, 1.165) is 12.8 Å². The smallest absolute Gasteiger partial charge is 0.303 e. The molecule has 96 valence electrons. The molecular formula is C12H20N2O3. The zero-order valence-corrected chi connectivity index (χ0v) is 10.7. The van der Waals surface area contributed by atoms with Crippen LogP contribution >= 0.6 is 0 Å². The molecule has 0 aliphatic rings. The van der Waals surface area contributed by atoms with Crippen LogP contribution < -0.4 is 0 Å². The Kier molecular flexibility index (Phi) is 4.66. The fraction of sp³-hybridized carbons (Fsp3) is 0.750. The van der Waals surface area contributed by atoms with Crippen LogP contribution in [0.5, 0.6) is 0 Å². The Morgan fingerprint density at radius 2 is 2.06 bits per heavy atom. The fourth-order valence-electron chi connectivity index (χ4n) is 1.33. The summed E-state index contributed by atoms with van der Waals surface area (Å²) < 4.78 is 5.58. The molecule has 0 atom stereocenters. The SMILES string of the molecule is CCC(C)(C)c1nnc(CCCCC(=O)O)o1. The molecule has 1 aromatic rings. The first kappa shape index (κ1) is 13.7. The Balaban J connectivity index is 2.44. The van der Waals surface area contributed by atoms with Crippen molar-refractivity contribution < 1.29 is 14.3 Å². The highest BCUT2D eigenvalue weighted by Gasteiger charge is 2.24. The van der Waals surface area contributed by atoms with Crippen LogP contribution in [0.25, 0.3) is 0 Å². The van der Waals surface area contributed by atoms with Gasteiger partial charge in [0.25, 0.3) is 0 Å². The first-order valence-corrected chi connectivity index (χ1v) is 6.00. The van der Waals surface area contributed by atoms with Crippen molar-refractivity contribution in [1.82, 2.24) is 10.2 Å². The maximum absolute atomic E-state index is 10.3. The van der Waals surface area contributed by atoms with Crippen LogP contribution in [0, 0.1) is 0 Å². The van der Waals surface area contributed by atoms with Gasteiger partial charge in [-0.05, 0) is 19.3 Å². The molecule has 0 spiro atoms. The minimum Gasteiger partial charge on any atom is -0.481 e. The third-order valence-electron chi connectivity index (χ3n) is 2.96. The molecule has 0 aliphatic heterocycles. The summed E-state index contributed by atoms with van der Waals surface area (Å²) in [6, 6.07) is 0. The molecule has 17 heavy (non-hydrogen) atoms. The van der Waals surface area contributed by atoms with Crippen LogP contribution in [0.4, 0.5) is 0 Å². The monoisotopic (exact) mass is 240 g/mol. The number of carboxylic acids is 1. The number of aliphatic carboxylic acids is 1. The average Bonchev–Trinajstić information content (AvgIpc) is 2.73. The van der Waals surface area contributed by atoms with Crippen LogP contribution in [0.2, 0.25) is 0 Å². The number of hydrogen-bond donors (Lipinski definition) is 1. The molecule has 0 fully saturated rings. The third kappa shape index (κ3) is 4.17. The van der Waals surface area contributed by atoms with Crippen LogP contribution in [-0.4, -0.2) is 21.3 Å². The summed E-state index contributed by atoms with van der Waals surface area (Å²) >= 11 is 0. The quantitative estimate of drug-likeness (QED) is 0.741. The van der Waals surface area contributed by atoms with E-state index in [9.17, 15) is 4.79 Å². The van der Waals surface area contributed by atoms with Crippen LogP contribution in [0.3, 0.4) is 0 Å². The van der Waals surface area contributed by atoms with Gasteiger partial charge in [0.05, 0.1) is 0 Å². The van der Waals surface area contributed by atoms with Gasteiger partial charge in [0.1, 0.15) is 0 Å². The molecule has 5 nitrogen and oxygen atoms in total. The molecule has 0 aliphatic carbocycles. The van der Waals surface area contributed by atoms with Gasteiger partial charge in [-0.15, -0.1) is 10.2 Å². The van der Waals surface area contributed by atoms with Gasteiger partial charge >= 0.3 is 5.97 Å². The summed E-state index contributed by atoms with van der Waals surface area (Å²) in [5, 5.41) is 16.5. The Hall–Kier alpha value is -1.39. The van der Waals surface area contributed by atoms with E-state index < -0.39 is 5.97 Å². The number of rotatable bonds is 7. The molecule has 1 heterocycles. The lowest BCUT2D eigenvalue weighted by Crippen LogP contribution is -2.15. The number of aromatic nitrogens is 2. The van der Waals surface area contributed by atoms with Crippen LogP contribution in [0.15, 0.2) is 4.42 Å². The molecule has 5 heteroatoms. The summed E-state index contributed by atoms with van der Waals surface area (Å²) in [4.78, 5) is 10.3. The van der Waals surface area contributed by atoms with Crippen molar-refractivity contribution in [1.29, 1.82) is 0 Å². The molecule has 0 radical (unpaired) electrons. The largest absolute Gasteiger partial charge is 0.481 e. The Labute approximate surface area is 101 Å². The first-order valence-electron chi connectivity index (χ1n) is 6.00. The zero-order valence-electron chi connectivity index (χ0n) is 10.7. The number of nitrogens with zero attached hydrogens (tertiary/aromatic N) is 2. The predicted molar refractivity (Wildman–Crippen MR) is 62.8 cm³/mol. The fourth-order valence-corrected chi connectivity index (χ4v) is 1.33. The lowest BCUT2D eigenvalue weighted by Gasteiger charge is -2.16. The second kappa shape index (κ2) is 5.80. The standard InChI is InChI=1S/C12H20N2O3/c1-4-12(2,3)11-14-13-9(17-11)7-5-6-8-10(15)16/h4-8H2,1-3H3,(H,15,16). The summed E-state index contributed by atoms with van der Waals surface area (Å²) in [6.45, 7) is 6.21. The van der Waals surface area contributed by atoms with E-state index in [2.05, 4.69) is 31.0 Å². The average molecular weight is 240 g/mol. The first-order chi connectivity index (χ1) is 7.95. The Bertz CT molecular complexity index is 372. The van der Waals surface area contributed by atoms with Crippen molar-refractivity contribution in [2.45, 2.75) is 58.3 Å². The molecule has 0 amide bonds. The Morgan fingerprint density at radius 3 is 2.65 bits per heavy atom. The lowest BCUT2D eigenvalue weighted by atomic mass is 9.90. The van der Waals surface area contributed by atoms with Crippen molar-refractivity contribution in [3.63, 3.8) is 0 Å². The van der Waals surface area contributed by atoms with E-state index in [4.69, 9.17) is 9.52 Å². The lowest BCUT2D eigenvalue weighted by molar-refractivity contribution is -0.137. The normalized spacial score (nSPS) is 11.7. The van der Waals surface area contributed by atoms with Gasteiger partial charge in [-0.25, -0.2) is 0 Å². The molecular weight excluding hydrogens is 220 g/mol. The van der Waals surface area contributed by atoms with Gasteiger partial charge in [-0.3, -0.25) is 4.79 Å². The van der Waals surface area contributed by atoms with E-state index in [0.29, 0.717) is 24.6 Å². The summed E-state index contributed by atoms with van der Waals surface area (Å²) in [5.74, 6) is 0.503.